The van der Waals surface area contributed by atoms with E-state index in [1.807, 2.05) is 36.9 Å². The quantitative estimate of drug-likeness (QED) is 0.907. The summed E-state index contributed by atoms with van der Waals surface area (Å²) in [7, 11) is 0. The lowest BCUT2D eigenvalue weighted by Gasteiger charge is -2.29. The predicted octanol–water partition coefficient (Wildman–Crippen LogP) is 1.83. The molecule has 5 heteroatoms. The van der Waals surface area contributed by atoms with Gasteiger partial charge in [-0.1, -0.05) is 44.2 Å². The highest BCUT2D eigenvalue weighted by atomic mass is 16.2. The standard InChI is InChI=1S/C20H29N3O2/c1-14(2)19(24)23-10-6-9-18(23)20(25)22-12-16(11-21)17(13-22)15-7-4-3-5-8-15/h3-5,7-8,14,16-18H,6,9-13,21H2,1-2H3/t16-,17+,18?/m1/s1. The number of amides is 2. The number of likely N-dealkylation sites (tertiary alicyclic amines) is 2. The molecule has 5 nitrogen and oxygen atoms in total. The van der Waals surface area contributed by atoms with Crippen molar-refractivity contribution in [1.82, 2.24) is 9.80 Å². The Morgan fingerprint density at radius 2 is 1.92 bits per heavy atom. The summed E-state index contributed by atoms with van der Waals surface area (Å²) in [4.78, 5) is 29.3. The van der Waals surface area contributed by atoms with Crippen LogP contribution < -0.4 is 5.73 Å². The molecule has 2 aliphatic rings. The lowest BCUT2D eigenvalue weighted by Crippen LogP contribution is -2.48. The monoisotopic (exact) mass is 343 g/mol. The molecule has 2 amide bonds. The van der Waals surface area contributed by atoms with Crippen molar-refractivity contribution in [2.75, 3.05) is 26.2 Å². The molecule has 2 N–H and O–H groups in total. The highest BCUT2D eigenvalue weighted by Crippen LogP contribution is 2.33. The van der Waals surface area contributed by atoms with Crippen molar-refractivity contribution in [2.45, 2.75) is 38.6 Å². The number of rotatable bonds is 4. The number of carbonyl (C=O) groups excluding carboxylic acids is 2. The normalized spacial score (nSPS) is 26.5. The molecule has 0 radical (unpaired) electrons. The van der Waals surface area contributed by atoms with Crippen molar-refractivity contribution in [1.29, 1.82) is 0 Å². The molecule has 0 saturated carbocycles. The van der Waals surface area contributed by atoms with Gasteiger partial charge in [0.05, 0.1) is 0 Å². The minimum Gasteiger partial charge on any atom is -0.340 e. The molecule has 25 heavy (non-hydrogen) atoms. The largest absolute Gasteiger partial charge is 0.340 e. The van der Waals surface area contributed by atoms with Crippen LogP contribution in [0.25, 0.3) is 0 Å². The first kappa shape index (κ1) is 17.9. The SMILES string of the molecule is CC(C)C(=O)N1CCCC1C(=O)N1C[C@@H](CN)[C@H](c2ccccc2)C1. The Morgan fingerprint density at radius 3 is 2.56 bits per heavy atom. The summed E-state index contributed by atoms with van der Waals surface area (Å²) in [5.74, 6) is 0.682. The number of hydrogen-bond acceptors (Lipinski definition) is 3. The molecule has 1 aromatic carbocycles. The number of hydrogen-bond donors (Lipinski definition) is 1. The van der Waals surface area contributed by atoms with Crippen LogP contribution in [-0.2, 0) is 9.59 Å². The van der Waals surface area contributed by atoms with Crippen LogP contribution in [0, 0.1) is 11.8 Å². The predicted molar refractivity (Wildman–Crippen MR) is 97.9 cm³/mol. The average Bonchev–Trinajstić information content (AvgIpc) is 3.28. The maximum atomic E-state index is 13.1. The van der Waals surface area contributed by atoms with Gasteiger partial charge in [-0.15, -0.1) is 0 Å². The van der Waals surface area contributed by atoms with E-state index in [2.05, 4.69) is 12.1 Å². The van der Waals surface area contributed by atoms with Gasteiger partial charge in [-0.25, -0.2) is 0 Å². The van der Waals surface area contributed by atoms with Gasteiger partial charge in [0.25, 0.3) is 0 Å². The summed E-state index contributed by atoms with van der Waals surface area (Å²) in [6.45, 7) is 6.45. The van der Waals surface area contributed by atoms with Gasteiger partial charge in [0, 0.05) is 31.5 Å². The van der Waals surface area contributed by atoms with Crippen LogP contribution in [0.15, 0.2) is 30.3 Å². The molecular formula is C20H29N3O2. The molecule has 1 aromatic rings. The van der Waals surface area contributed by atoms with E-state index >= 15 is 0 Å². The fourth-order valence-corrected chi connectivity index (χ4v) is 4.20. The van der Waals surface area contributed by atoms with Gasteiger partial charge < -0.3 is 15.5 Å². The molecule has 2 saturated heterocycles. The number of nitrogens with zero attached hydrogens (tertiary/aromatic N) is 2. The molecule has 0 aliphatic carbocycles. The first-order chi connectivity index (χ1) is 12.0. The molecule has 136 valence electrons. The van der Waals surface area contributed by atoms with Gasteiger partial charge >= 0.3 is 0 Å². The third-order valence-corrected chi connectivity index (χ3v) is 5.60. The molecule has 3 atom stereocenters. The zero-order chi connectivity index (χ0) is 18.0. The van der Waals surface area contributed by atoms with E-state index in [-0.39, 0.29) is 35.6 Å². The Balaban J connectivity index is 1.73. The van der Waals surface area contributed by atoms with Crippen LogP contribution in [0.4, 0.5) is 0 Å². The molecule has 3 rings (SSSR count). The van der Waals surface area contributed by atoms with Crippen LogP contribution in [-0.4, -0.2) is 53.8 Å². The average molecular weight is 343 g/mol. The maximum absolute atomic E-state index is 13.1. The molecule has 2 fully saturated rings. The van der Waals surface area contributed by atoms with E-state index in [4.69, 9.17) is 5.73 Å². The van der Waals surface area contributed by atoms with Crippen LogP contribution in [0.5, 0.6) is 0 Å². The van der Waals surface area contributed by atoms with Gasteiger partial charge in [-0.05, 0) is 30.9 Å². The Hall–Kier alpha value is -1.88. The van der Waals surface area contributed by atoms with Crippen molar-refractivity contribution < 1.29 is 9.59 Å². The summed E-state index contributed by atoms with van der Waals surface area (Å²) in [6, 6.07) is 10.0. The highest BCUT2D eigenvalue weighted by Gasteiger charge is 2.42. The van der Waals surface area contributed by atoms with Gasteiger partial charge in [0.15, 0.2) is 0 Å². The number of carbonyl (C=O) groups is 2. The van der Waals surface area contributed by atoms with E-state index in [1.165, 1.54) is 5.56 Å². The maximum Gasteiger partial charge on any atom is 0.245 e. The second-order valence-corrected chi connectivity index (χ2v) is 7.60. The minimum absolute atomic E-state index is 0.0687. The van der Waals surface area contributed by atoms with E-state index in [0.29, 0.717) is 26.2 Å². The molecule has 2 heterocycles. The summed E-state index contributed by atoms with van der Waals surface area (Å²) < 4.78 is 0. The smallest absolute Gasteiger partial charge is 0.245 e. The minimum atomic E-state index is -0.289. The zero-order valence-electron chi connectivity index (χ0n) is 15.2. The summed E-state index contributed by atoms with van der Waals surface area (Å²) in [5.41, 5.74) is 7.24. The first-order valence-corrected chi connectivity index (χ1v) is 9.37. The van der Waals surface area contributed by atoms with E-state index < -0.39 is 0 Å². The molecule has 2 aliphatic heterocycles. The Labute approximate surface area is 150 Å². The van der Waals surface area contributed by atoms with E-state index in [9.17, 15) is 9.59 Å². The fraction of sp³-hybridized carbons (Fsp3) is 0.600. The Morgan fingerprint density at radius 1 is 1.20 bits per heavy atom. The molecule has 0 aromatic heterocycles. The van der Waals surface area contributed by atoms with Crippen molar-refractivity contribution in [2.24, 2.45) is 17.6 Å². The van der Waals surface area contributed by atoms with Crippen LogP contribution in [0.3, 0.4) is 0 Å². The van der Waals surface area contributed by atoms with E-state index in [1.54, 1.807) is 4.90 Å². The Kier molecular flexibility index (Phi) is 5.42. The summed E-state index contributed by atoms with van der Waals surface area (Å²) in [5, 5.41) is 0. The number of nitrogens with two attached hydrogens (primary N) is 1. The molecule has 0 bridgehead atoms. The first-order valence-electron chi connectivity index (χ1n) is 9.37. The molecule has 1 unspecified atom stereocenters. The van der Waals surface area contributed by atoms with Gasteiger partial charge in [-0.2, -0.15) is 0 Å². The third kappa shape index (κ3) is 3.56. The fourth-order valence-electron chi connectivity index (χ4n) is 4.20. The van der Waals surface area contributed by atoms with Crippen molar-refractivity contribution >= 4 is 11.8 Å². The van der Waals surface area contributed by atoms with Crippen molar-refractivity contribution in [3.8, 4) is 0 Å². The second-order valence-electron chi connectivity index (χ2n) is 7.60. The van der Waals surface area contributed by atoms with Crippen LogP contribution in [0.2, 0.25) is 0 Å². The highest BCUT2D eigenvalue weighted by molar-refractivity contribution is 5.89. The lowest BCUT2D eigenvalue weighted by atomic mass is 9.89. The second kappa shape index (κ2) is 7.56. The zero-order valence-corrected chi connectivity index (χ0v) is 15.2. The van der Waals surface area contributed by atoms with Gasteiger partial charge in [0.2, 0.25) is 11.8 Å². The van der Waals surface area contributed by atoms with Gasteiger partial charge in [-0.3, -0.25) is 9.59 Å². The van der Waals surface area contributed by atoms with Crippen molar-refractivity contribution in [3.63, 3.8) is 0 Å². The lowest BCUT2D eigenvalue weighted by molar-refractivity contribution is -0.145. The molecule has 0 spiro atoms. The Bertz CT molecular complexity index is 617. The molecular weight excluding hydrogens is 314 g/mol. The van der Waals surface area contributed by atoms with Crippen molar-refractivity contribution in [3.05, 3.63) is 35.9 Å². The topological polar surface area (TPSA) is 66.6 Å². The third-order valence-electron chi connectivity index (χ3n) is 5.60. The van der Waals surface area contributed by atoms with Gasteiger partial charge in [0.1, 0.15) is 6.04 Å². The summed E-state index contributed by atoms with van der Waals surface area (Å²) >= 11 is 0. The van der Waals surface area contributed by atoms with Crippen LogP contribution >= 0.6 is 0 Å². The van der Waals surface area contributed by atoms with E-state index in [0.717, 1.165) is 12.8 Å². The van der Waals surface area contributed by atoms with Crippen LogP contribution in [0.1, 0.15) is 38.2 Å². The summed E-state index contributed by atoms with van der Waals surface area (Å²) in [6.07, 6.45) is 1.68. The number of benzene rings is 1.